The van der Waals surface area contributed by atoms with E-state index in [9.17, 15) is 4.79 Å². The minimum atomic E-state index is -0.337. The van der Waals surface area contributed by atoms with Crippen LogP contribution in [0, 0.1) is 0 Å². The van der Waals surface area contributed by atoms with Crippen molar-refractivity contribution in [1.82, 2.24) is 5.32 Å². The first-order valence-electron chi connectivity index (χ1n) is 8.86. The molecule has 0 bridgehead atoms. The number of para-hydroxylation sites is 1. The fraction of sp³-hybridized carbons (Fsp3) is 0.0909. The SMILES string of the molecule is COc1ccc(Cl)cc1N=c1oc2ccccc2cc1C(=O)NCc1ccco1. The summed E-state index contributed by atoms with van der Waals surface area (Å²) in [6.45, 7) is 0.249. The van der Waals surface area contributed by atoms with Crippen molar-refractivity contribution in [2.75, 3.05) is 7.11 Å². The Labute approximate surface area is 171 Å². The highest BCUT2D eigenvalue weighted by Gasteiger charge is 2.14. The van der Waals surface area contributed by atoms with Gasteiger partial charge in [-0.25, -0.2) is 4.99 Å². The number of nitrogens with zero attached hydrogens (tertiary/aromatic N) is 1. The highest BCUT2D eigenvalue weighted by molar-refractivity contribution is 6.30. The van der Waals surface area contributed by atoms with Gasteiger partial charge in [-0.15, -0.1) is 0 Å². The van der Waals surface area contributed by atoms with Crippen molar-refractivity contribution in [3.63, 3.8) is 0 Å². The Morgan fingerprint density at radius 3 is 2.79 bits per heavy atom. The molecule has 2 aromatic heterocycles. The van der Waals surface area contributed by atoms with E-state index in [1.807, 2.05) is 24.3 Å². The normalized spacial score (nSPS) is 11.6. The molecule has 0 saturated carbocycles. The van der Waals surface area contributed by atoms with Crippen LogP contribution in [0.25, 0.3) is 11.0 Å². The summed E-state index contributed by atoms with van der Waals surface area (Å²) in [5, 5.41) is 4.10. The van der Waals surface area contributed by atoms with Crippen molar-refractivity contribution < 1.29 is 18.4 Å². The number of hydrogen-bond donors (Lipinski definition) is 1. The summed E-state index contributed by atoms with van der Waals surface area (Å²) >= 11 is 6.11. The summed E-state index contributed by atoms with van der Waals surface area (Å²) in [5.74, 6) is 0.821. The van der Waals surface area contributed by atoms with E-state index in [4.69, 9.17) is 25.2 Å². The molecule has 4 rings (SSSR count). The molecule has 7 heteroatoms. The maximum Gasteiger partial charge on any atom is 0.257 e. The monoisotopic (exact) mass is 408 g/mol. The van der Waals surface area contributed by atoms with Gasteiger partial charge in [0.1, 0.15) is 28.3 Å². The molecular weight excluding hydrogens is 392 g/mol. The van der Waals surface area contributed by atoms with Gasteiger partial charge >= 0.3 is 0 Å². The molecule has 2 heterocycles. The zero-order valence-electron chi connectivity index (χ0n) is 15.5. The van der Waals surface area contributed by atoms with Crippen molar-refractivity contribution in [3.8, 4) is 5.75 Å². The van der Waals surface area contributed by atoms with E-state index in [0.717, 1.165) is 5.39 Å². The number of carbonyl (C=O) groups is 1. The van der Waals surface area contributed by atoms with E-state index in [1.54, 1.807) is 42.7 Å². The molecule has 0 aliphatic carbocycles. The second-order valence-electron chi connectivity index (χ2n) is 6.19. The van der Waals surface area contributed by atoms with Gasteiger partial charge in [0.15, 0.2) is 0 Å². The van der Waals surface area contributed by atoms with Crippen LogP contribution in [0.15, 0.2) is 80.8 Å². The second kappa shape index (κ2) is 8.24. The number of amides is 1. The number of methoxy groups -OCH3 is 1. The zero-order valence-corrected chi connectivity index (χ0v) is 16.3. The summed E-state index contributed by atoms with van der Waals surface area (Å²) < 4.78 is 16.6. The minimum Gasteiger partial charge on any atom is -0.494 e. The largest absolute Gasteiger partial charge is 0.494 e. The Morgan fingerprint density at radius 1 is 1.14 bits per heavy atom. The Kier molecular flexibility index (Phi) is 5.35. The number of benzene rings is 2. The molecule has 0 atom stereocenters. The van der Waals surface area contributed by atoms with Gasteiger partial charge in [0.2, 0.25) is 5.55 Å². The lowest BCUT2D eigenvalue weighted by molar-refractivity contribution is 0.0944. The second-order valence-corrected chi connectivity index (χ2v) is 6.63. The first kappa shape index (κ1) is 18.8. The number of furan rings is 1. The predicted molar refractivity (Wildman–Crippen MR) is 109 cm³/mol. The average molecular weight is 409 g/mol. The quantitative estimate of drug-likeness (QED) is 0.512. The predicted octanol–water partition coefficient (Wildman–Crippen LogP) is 4.85. The molecule has 146 valence electrons. The number of halogens is 1. The Balaban J connectivity index is 1.82. The van der Waals surface area contributed by atoms with Gasteiger partial charge in [0, 0.05) is 10.4 Å². The maximum absolute atomic E-state index is 12.9. The van der Waals surface area contributed by atoms with E-state index in [-0.39, 0.29) is 23.6 Å². The number of rotatable bonds is 5. The molecular formula is C22H17ClN2O4. The van der Waals surface area contributed by atoms with Crippen molar-refractivity contribution in [2.24, 2.45) is 4.99 Å². The molecule has 2 aromatic carbocycles. The van der Waals surface area contributed by atoms with Crippen molar-refractivity contribution in [1.29, 1.82) is 0 Å². The number of hydrogen-bond acceptors (Lipinski definition) is 5. The molecule has 1 amide bonds. The minimum absolute atomic E-state index is 0.154. The van der Waals surface area contributed by atoms with E-state index >= 15 is 0 Å². The van der Waals surface area contributed by atoms with Crippen LogP contribution in [-0.2, 0) is 6.54 Å². The Hall–Kier alpha value is -3.51. The highest BCUT2D eigenvalue weighted by atomic mass is 35.5. The van der Waals surface area contributed by atoms with Crippen LogP contribution in [-0.4, -0.2) is 13.0 Å². The van der Waals surface area contributed by atoms with Gasteiger partial charge in [-0.3, -0.25) is 4.79 Å². The number of carbonyl (C=O) groups excluding carboxylic acids is 1. The summed E-state index contributed by atoms with van der Waals surface area (Å²) in [6, 6.07) is 17.8. The van der Waals surface area contributed by atoms with Crippen LogP contribution >= 0.6 is 11.6 Å². The fourth-order valence-corrected chi connectivity index (χ4v) is 3.02. The van der Waals surface area contributed by atoms with Crippen molar-refractivity contribution in [2.45, 2.75) is 6.54 Å². The third-order valence-electron chi connectivity index (χ3n) is 4.27. The molecule has 1 N–H and O–H groups in total. The van der Waals surface area contributed by atoms with Gasteiger partial charge in [0.25, 0.3) is 5.91 Å². The van der Waals surface area contributed by atoms with Crippen LogP contribution in [0.2, 0.25) is 5.02 Å². The van der Waals surface area contributed by atoms with Crippen LogP contribution in [0.3, 0.4) is 0 Å². The number of fused-ring (bicyclic) bond motifs is 1. The van der Waals surface area contributed by atoms with E-state index in [1.165, 1.54) is 7.11 Å². The molecule has 0 aliphatic heterocycles. The van der Waals surface area contributed by atoms with Gasteiger partial charge < -0.3 is 18.9 Å². The van der Waals surface area contributed by atoms with Crippen molar-refractivity contribution >= 4 is 34.2 Å². The molecule has 0 aliphatic rings. The fourth-order valence-electron chi connectivity index (χ4n) is 2.85. The van der Waals surface area contributed by atoms with E-state index < -0.39 is 0 Å². The summed E-state index contributed by atoms with van der Waals surface area (Å²) in [7, 11) is 1.54. The standard InChI is InChI=1S/C22H17ClN2O4/c1-27-20-9-8-15(23)12-18(20)25-22-17(11-14-5-2-3-7-19(14)29-22)21(26)24-13-16-6-4-10-28-16/h2-12H,13H2,1H3,(H,24,26). The van der Waals surface area contributed by atoms with Crippen LogP contribution in [0.5, 0.6) is 5.75 Å². The average Bonchev–Trinajstić information content (AvgIpc) is 3.25. The highest BCUT2D eigenvalue weighted by Crippen LogP contribution is 2.30. The first-order chi connectivity index (χ1) is 14.1. The number of ether oxygens (including phenoxy) is 1. The summed E-state index contributed by atoms with van der Waals surface area (Å²) in [4.78, 5) is 17.4. The number of nitrogens with one attached hydrogen (secondary N) is 1. The Morgan fingerprint density at radius 2 is 2.00 bits per heavy atom. The van der Waals surface area contributed by atoms with E-state index in [2.05, 4.69) is 10.3 Å². The summed E-state index contributed by atoms with van der Waals surface area (Å²) in [6.07, 6.45) is 1.55. The lowest BCUT2D eigenvalue weighted by Gasteiger charge is -2.07. The molecule has 0 fully saturated rings. The van der Waals surface area contributed by atoms with Gasteiger partial charge in [-0.2, -0.15) is 0 Å². The van der Waals surface area contributed by atoms with Crippen molar-refractivity contribution in [3.05, 3.63) is 88.8 Å². The molecule has 0 saturated heterocycles. The zero-order chi connectivity index (χ0) is 20.2. The Bertz CT molecular complexity index is 1230. The smallest absolute Gasteiger partial charge is 0.257 e. The molecule has 0 unspecified atom stereocenters. The molecule has 0 radical (unpaired) electrons. The summed E-state index contributed by atoms with van der Waals surface area (Å²) in [5.41, 5.74) is 1.51. The topological polar surface area (TPSA) is 77.0 Å². The molecule has 6 nitrogen and oxygen atoms in total. The molecule has 4 aromatic rings. The van der Waals surface area contributed by atoms with E-state index in [0.29, 0.717) is 27.8 Å². The first-order valence-corrected chi connectivity index (χ1v) is 9.23. The lowest BCUT2D eigenvalue weighted by atomic mass is 10.1. The molecule has 0 spiro atoms. The van der Waals surface area contributed by atoms with Gasteiger partial charge in [-0.05, 0) is 42.5 Å². The third-order valence-corrected chi connectivity index (χ3v) is 4.50. The van der Waals surface area contributed by atoms with Crippen LogP contribution < -0.4 is 15.6 Å². The van der Waals surface area contributed by atoms with Gasteiger partial charge in [-0.1, -0.05) is 29.8 Å². The maximum atomic E-state index is 12.9. The van der Waals surface area contributed by atoms with Gasteiger partial charge in [0.05, 0.1) is 19.9 Å². The lowest BCUT2D eigenvalue weighted by Crippen LogP contribution is -2.28. The molecule has 29 heavy (non-hydrogen) atoms. The van der Waals surface area contributed by atoms with Crippen LogP contribution in [0.1, 0.15) is 16.1 Å². The third kappa shape index (κ3) is 4.17. The van der Waals surface area contributed by atoms with Crippen LogP contribution in [0.4, 0.5) is 5.69 Å².